The number of carbonyl (C=O) groups is 1. The number of imidazole rings is 1. The Labute approximate surface area is 177 Å². The van der Waals surface area contributed by atoms with Gasteiger partial charge in [-0.2, -0.15) is 5.10 Å². The van der Waals surface area contributed by atoms with Crippen molar-refractivity contribution in [1.29, 1.82) is 0 Å². The van der Waals surface area contributed by atoms with E-state index in [0.717, 1.165) is 60.5 Å². The first kappa shape index (κ1) is 18.1. The van der Waals surface area contributed by atoms with Crippen LogP contribution in [0.3, 0.4) is 0 Å². The van der Waals surface area contributed by atoms with Gasteiger partial charge in [0.2, 0.25) is 0 Å². The second-order valence-electron chi connectivity index (χ2n) is 8.09. The monoisotopic (exact) mass is 418 g/mol. The zero-order valence-electron chi connectivity index (χ0n) is 17.2. The Morgan fingerprint density at radius 3 is 2.94 bits per heavy atom. The molecule has 2 aliphatic heterocycles. The maximum absolute atomic E-state index is 12.7. The third-order valence-corrected chi connectivity index (χ3v) is 6.17. The molecule has 1 atom stereocenters. The molecule has 10 heteroatoms. The van der Waals surface area contributed by atoms with Gasteiger partial charge >= 0.3 is 17.8 Å². The number of H-pyrrole nitrogens is 1. The third kappa shape index (κ3) is 2.89. The van der Waals surface area contributed by atoms with Crippen LogP contribution in [0.5, 0.6) is 0 Å². The largest absolute Gasteiger partial charge is 0.399 e. The summed E-state index contributed by atoms with van der Waals surface area (Å²) >= 11 is 0. The number of carbonyl (C=O) groups excluding carboxylic acids is 1. The molecule has 4 aromatic rings. The number of aromatic amines is 1. The number of aryl methyl sites for hydroxylation is 1. The second kappa shape index (κ2) is 6.93. The Bertz CT molecular complexity index is 1270. The predicted molar refractivity (Wildman–Crippen MR) is 111 cm³/mol. The van der Waals surface area contributed by atoms with Crippen LogP contribution in [0.2, 0.25) is 0 Å². The number of fused-ring (bicyclic) bond motifs is 2. The SMILES string of the molecule is Cc1cccn2nc(C3c4nc[nH]c4CCN3c3nnc(C(=O)N4CCCC4)o3)cc12. The highest BCUT2D eigenvalue weighted by Crippen LogP contribution is 2.36. The van der Waals surface area contributed by atoms with Crippen LogP contribution in [-0.2, 0) is 6.42 Å². The average Bonchev–Trinajstić information content (AvgIpc) is 3.58. The standard InChI is InChI=1S/C21H22N8O2/c1-13-5-4-9-29-16(13)11-15(26-29)18-17-14(22-12-23-17)6-10-28(18)21-25-24-19(31-21)20(30)27-7-2-3-8-27/h4-5,9,11-12,18H,2-3,6-8,10H2,1H3,(H,22,23). The Kier molecular flexibility index (Phi) is 4.05. The summed E-state index contributed by atoms with van der Waals surface area (Å²) in [5, 5.41) is 13.1. The minimum Gasteiger partial charge on any atom is -0.399 e. The summed E-state index contributed by atoms with van der Waals surface area (Å²) in [5.74, 6) is -0.164. The molecule has 0 aromatic carbocycles. The highest BCUT2D eigenvalue weighted by atomic mass is 16.4. The van der Waals surface area contributed by atoms with Gasteiger partial charge in [0.1, 0.15) is 6.04 Å². The lowest BCUT2D eigenvalue weighted by atomic mass is 10.00. The molecule has 6 rings (SSSR count). The fourth-order valence-electron chi connectivity index (χ4n) is 4.57. The van der Waals surface area contributed by atoms with E-state index in [2.05, 4.69) is 39.2 Å². The third-order valence-electron chi connectivity index (χ3n) is 6.17. The smallest absolute Gasteiger partial charge is 0.319 e. The van der Waals surface area contributed by atoms with E-state index in [1.807, 2.05) is 21.7 Å². The Morgan fingerprint density at radius 1 is 1.23 bits per heavy atom. The van der Waals surface area contributed by atoms with E-state index in [-0.39, 0.29) is 17.8 Å². The van der Waals surface area contributed by atoms with Crippen molar-refractivity contribution in [2.45, 2.75) is 32.2 Å². The summed E-state index contributed by atoms with van der Waals surface area (Å²) in [7, 11) is 0. The van der Waals surface area contributed by atoms with E-state index in [4.69, 9.17) is 9.52 Å². The number of rotatable bonds is 3. The topological polar surface area (TPSA) is 108 Å². The fraction of sp³-hybridized carbons (Fsp3) is 0.381. The quantitative estimate of drug-likeness (QED) is 0.543. The number of likely N-dealkylation sites (tertiary alicyclic amines) is 1. The summed E-state index contributed by atoms with van der Waals surface area (Å²) in [4.78, 5) is 24.3. The van der Waals surface area contributed by atoms with E-state index in [1.165, 1.54) is 0 Å². The van der Waals surface area contributed by atoms with E-state index < -0.39 is 0 Å². The van der Waals surface area contributed by atoms with E-state index >= 15 is 0 Å². The first-order valence-corrected chi connectivity index (χ1v) is 10.6. The minimum atomic E-state index is -0.288. The summed E-state index contributed by atoms with van der Waals surface area (Å²) < 4.78 is 7.75. The highest BCUT2D eigenvalue weighted by molar-refractivity contribution is 5.89. The van der Waals surface area contributed by atoms with Crippen molar-refractivity contribution in [2.24, 2.45) is 0 Å². The van der Waals surface area contributed by atoms with Gasteiger partial charge in [0.15, 0.2) is 0 Å². The molecule has 1 N–H and O–H groups in total. The lowest BCUT2D eigenvalue weighted by Gasteiger charge is -2.32. The zero-order chi connectivity index (χ0) is 20.9. The molecule has 1 amide bonds. The minimum absolute atomic E-state index is 0.0364. The molecule has 158 valence electrons. The highest BCUT2D eigenvalue weighted by Gasteiger charge is 2.36. The Hall–Kier alpha value is -3.69. The summed E-state index contributed by atoms with van der Waals surface area (Å²) in [5.41, 5.74) is 4.98. The zero-order valence-corrected chi connectivity index (χ0v) is 17.2. The molecule has 0 spiro atoms. The first-order valence-electron chi connectivity index (χ1n) is 10.6. The van der Waals surface area contributed by atoms with Gasteiger partial charge in [-0.1, -0.05) is 11.2 Å². The van der Waals surface area contributed by atoms with E-state index in [0.29, 0.717) is 12.6 Å². The number of hydrogen-bond acceptors (Lipinski definition) is 7. The molecular weight excluding hydrogens is 396 g/mol. The lowest BCUT2D eigenvalue weighted by Crippen LogP contribution is -2.37. The van der Waals surface area contributed by atoms with Crippen LogP contribution in [-0.4, -0.2) is 60.2 Å². The van der Waals surface area contributed by atoms with Gasteiger partial charge < -0.3 is 19.2 Å². The number of hydrogen-bond donors (Lipinski definition) is 1. The molecule has 0 aliphatic carbocycles. The maximum atomic E-state index is 12.7. The summed E-state index contributed by atoms with van der Waals surface area (Å²) in [6, 6.07) is 6.14. The number of amides is 1. The Balaban J connectivity index is 1.40. The lowest BCUT2D eigenvalue weighted by molar-refractivity contribution is 0.0753. The van der Waals surface area contributed by atoms with Crippen molar-refractivity contribution in [1.82, 2.24) is 34.7 Å². The van der Waals surface area contributed by atoms with E-state index in [9.17, 15) is 4.79 Å². The molecule has 2 aliphatic rings. The molecule has 31 heavy (non-hydrogen) atoms. The number of aromatic nitrogens is 6. The van der Waals surface area contributed by atoms with Gasteiger partial charge in [-0.15, -0.1) is 5.10 Å². The van der Waals surface area contributed by atoms with Gasteiger partial charge in [-0.25, -0.2) is 9.50 Å². The van der Waals surface area contributed by atoms with Crippen molar-refractivity contribution < 1.29 is 9.21 Å². The van der Waals surface area contributed by atoms with Gasteiger partial charge in [0.05, 0.1) is 23.2 Å². The molecule has 6 heterocycles. The first-order chi connectivity index (χ1) is 15.2. The second-order valence-corrected chi connectivity index (χ2v) is 8.09. The summed E-state index contributed by atoms with van der Waals surface area (Å²) in [6.45, 7) is 4.18. The average molecular weight is 418 g/mol. The number of nitrogens with zero attached hydrogens (tertiary/aromatic N) is 7. The van der Waals surface area contributed by atoms with Gasteiger partial charge in [0, 0.05) is 37.9 Å². The number of pyridine rings is 1. The normalized spacial score (nSPS) is 18.7. The molecule has 1 saturated heterocycles. The summed E-state index contributed by atoms with van der Waals surface area (Å²) in [6.07, 6.45) is 6.42. The Morgan fingerprint density at radius 2 is 2.10 bits per heavy atom. The molecule has 1 fully saturated rings. The molecule has 0 saturated carbocycles. The van der Waals surface area contributed by atoms with Crippen LogP contribution < -0.4 is 4.90 Å². The van der Waals surface area contributed by atoms with E-state index in [1.54, 1.807) is 11.2 Å². The van der Waals surface area contributed by atoms with Crippen LogP contribution in [0.15, 0.2) is 35.1 Å². The van der Waals surface area contributed by atoms with Gasteiger partial charge in [-0.3, -0.25) is 4.79 Å². The van der Waals surface area contributed by atoms with Gasteiger partial charge in [-0.05, 0) is 37.5 Å². The molecule has 10 nitrogen and oxygen atoms in total. The van der Waals surface area contributed by atoms with Crippen molar-refractivity contribution in [3.8, 4) is 0 Å². The maximum Gasteiger partial charge on any atom is 0.319 e. The fourth-order valence-corrected chi connectivity index (χ4v) is 4.57. The van der Waals surface area contributed by atoms with Crippen LogP contribution in [0.4, 0.5) is 6.01 Å². The van der Waals surface area contributed by atoms with Crippen LogP contribution in [0, 0.1) is 6.92 Å². The molecule has 0 radical (unpaired) electrons. The molecule has 1 unspecified atom stereocenters. The van der Waals surface area contributed by atoms with Crippen LogP contribution in [0.1, 0.15) is 52.2 Å². The number of anilines is 1. The molecular formula is C21H22N8O2. The van der Waals surface area contributed by atoms with Crippen LogP contribution in [0.25, 0.3) is 5.52 Å². The van der Waals surface area contributed by atoms with Crippen LogP contribution >= 0.6 is 0 Å². The number of nitrogens with one attached hydrogen (secondary N) is 1. The van der Waals surface area contributed by atoms with Crippen molar-refractivity contribution in [3.05, 3.63) is 59.3 Å². The molecule has 0 bridgehead atoms. The van der Waals surface area contributed by atoms with Gasteiger partial charge in [0.25, 0.3) is 0 Å². The van der Waals surface area contributed by atoms with Crippen molar-refractivity contribution >= 4 is 17.4 Å². The van der Waals surface area contributed by atoms with Crippen molar-refractivity contribution in [3.63, 3.8) is 0 Å². The predicted octanol–water partition coefficient (Wildman–Crippen LogP) is 2.14. The van der Waals surface area contributed by atoms with Crippen molar-refractivity contribution in [2.75, 3.05) is 24.5 Å². The molecule has 4 aromatic heterocycles.